The number of carboxylic acids is 1. The molecule has 1 aliphatic rings. The van der Waals surface area contributed by atoms with Crippen molar-refractivity contribution < 1.29 is 14.7 Å². The van der Waals surface area contributed by atoms with Gasteiger partial charge in [-0.2, -0.15) is 0 Å². The Morgan fingerprint density at radius 1 is 1.24 bits per heavy atom. The Morgan fingerprint density at radius 3 is 2.29 bits per heavy atom. The first-order chi connectivity index (χ1) is 9.97. The summed E-state index contributed by atoms with van der Waals surface area (Å²) in [6.07, 6.45) is 4.07. The molecule has 21 heavy (non-hydrogen) atoms. The molecule has 1 aliphatic carbocycles. The molecule has 4 heteroatoms. The van der Waals surface area contributed by atoms with Crippen LogP contribution in [0.15, 0.2) is 24.3 Å². The molecule has 1 N–H and O–H groups in total. The van der Waals surface area contributed by atoms with Gasteiger partial charge in [0.05, 0.1) is 12.0 Å². The van der Waals surface area contributed by atoms with Gasteiger partial charge in [0, 0.05) is 12.6 Å². The van der Waals surface area contributed by atoms with Crippen molar-refractivity contribution in [1.82, 2.24) is 4.90 Å². The molecule has 1 aromatic rings. The molecular formula is C17H23NO3. The molecule has 0 aliphatic heterocycles. The molecule has 0 radical (unpaired) electrons. The molecule has 1 fully saturated rings. The van der Waals surface area contributed by atoms with Gasteiger partial charge in [-0.15, -0.1) is 0 Å². The van der Waals surface area contributed by atoms with Crippen molar-refractivity contribution in [3.63, 3.8) is 0 Å². The lowest BCUT2D eigenvalue weighted by molar-refractivity contribution is -0.133. The van der Waals surface area contributed by atoms with Crippen LogP contribution in [0.3, 0.4) is 0 Å². The van der Waals surface area contributed by atoms with Gasteiger partial charge in [-0.25, -0.2) is 4.79 Å². The number of amides is 1. The van der Waals surface area contributed by atoms with Crippen LogP contribution in [0.2, 0.25) is 0 Å². The van der Waals surface area contributed by atoms with Gasteiger partial charge in [0.1, 0.15) is 0 Å². The van der Waals surface area contributed by atoms with E-state index < -0.39 is 5.97 Å². The first-order valence-electron chi connectivity index (χ1n) is 7.59. The van der Waals surface area contributed by atoms with Gasteiger partial charge >= 0.3 is 5.97 Å². The summed E-state index contributed by atoms with van der Waals surface area (Å²) in [4.78, 5) is 25.2. The minimum absolute atomic E-state index is 0.125. The van der Waals surface area contributed by atoms with E-state index in [1.54, 1.807) is 24.3 Å². The summed E-state index contributed by atoms with van der Waals surface area (Å²) in [5.41, 5.74) is 1.12. The van der Waals surface area contributed by atoms with Crippen LogP contribution in [0, 0.1) is 5.92 Å². The molecule has 1 amide bonds. The second-order valence-corrected chi connectivity index (χ2v) is 6.12. The first kappa shape index (κ1) is 15.5. The number of rotatable bonds is 6. The van der Waals surface area contributed by atoms with Gasteiger partial charge in [-0.1, -0.05) is 18.6 Å². The maximum absolute atomic E-state index is 12.5. The summed E-state index contributed by atoms with van der Waals surface area (Å²) in [5.74, 6) is -0.160. The standard InChI is InChI=1S/C17H23NO3/c1-12(2)18(11-14-4-3-5-14)16(19)10-13-6-8-15(9-7-13)17(20)21/h6-9,12,14H,3-5,10-11H2,1-2H3,(H,20,21). The molecule has 0 spiro atoms. The molecule has 0 heterocycles. The zero-order valence-corrected chi connectivity index (χ0v) is 12.7. The van der Waals surface area contributed by atoms with Gasteiger partial charge < -0.3 is 10.0 Å². The highest BCUT2D eigenvalue weighted by atomic mass is 16.4. The number of carbonyl (C=O) groups excluding carboxylic acids is 1. The summed E-state index contributed by atoms with van der Waals surface area (Å²) in [6, 6.07) is 6.76. The van der Waals surface area contributed by atoms with Gasteiger partial charge in [0.2, 0.25) is 5.91 Å². The largest absolute Gasteiger partial charge is 0.478 e. The normalized spacial score (nSPS) is 14.8. The maximum atomic E-state index is 12.5. The number of nitrogens with zero attached hydrogens (tertiary/aromatic N) is 1. The molecule has 0 atom stereocenters. The average Bonchev–Trinajstić information content (AvgIpc) is 2.37. The first-order valence-corrected chi connectivity index (χ1v) is 7.59. The second kappa shape index (κ2) is 6.74. The fourth-order valence-electron chi connectivity index (χ4n) is 2.60. The van der Waals surface area contributed by atoms with E-state index in [9.17, 15) is 9.59 Å². The Hall–Kier alpha value is -1.84. The van der Waals surface area contributed by atoms with E-state index in [0.29, 0.717) is 12.3 Å². The van der Waals surface area contributed by atoms with Crippen molar-refractivity contribution in [2.75, 3.05) is 6.54 Å². The Balaban J connectivity index is 1.98. The molecule has 0 saturated heterocycles. The molecule has 0 aromatic heterocycles. The minimum atomic E-state index is -0.943. The van der Waals surface area contributed by atoms with E-state index >= 15 is 0 Å². The molecule has 2 rings (SSSR count). The van der Waals surface area contributed by atoms with Crippen LogP contribution in [-0.2, 0) is 11.2 Å². The Bertz CT molecular complexity index is 503. The fraction of sp³-hybridized carbons (Fsp3) is 0.529. The predicted octanol–water partition coefficient (Wildman–Crippen LogP) is 2.96. The molecule has 0 unspecified atom stereocenters. The zero-order valence-electron chi connectivity index (χ0n) is 12.7. The zero-order chi connectivity index (χ0) is 15.4. The van der Waals surface area contributed by atoms with Gasteiger partial charge in [0.25, 0.3) is 0 Å². The molecule has 114 valence electrons. The third-order valence-corrected chi connectivity index (χ3v) is 4.18. The number of hydrogen-bond acceptors (Lipinski definition) is 2. The van der Waals surface area contributed by atoms with Gasteiger partial charge in [-0.05, 0) is 50.3 Å². The minimum Gasteiger partial charge on any atom is -0.478 e. The highest BCUT2D eigenvalue weighted by Gasteiger charge is 2.25. The average molecular weight is 289 g/mol. The number of hydrogen-bond donors (Lipinski definition) is 1. The molecule has 1 saturated carbocycles. The highest BCUT2D eigenvalue weighted by Crippen LogP contribution is 2.28. The monoisotopic (exact) mass is 289 g/mol. The molecule has 4 nitrogen and oxygen atoms in total. The number of carboxylic acid groups (broad SMARTS) is 1. The van der Waals surface area contributed by atoms with Crippen LogP contribution < -0.4 is 0 Å². The highest BCUT2D eigenvalue weighted by molar-refractivity contribution is 5.87. The van der Waals surface area contributed by atoms with Crippen molar-refractivity contribution in [2.24, 2.45) is 5.92 Å². The second-order valence-electron chi connectivity index (χ2n) is 6.12. The number of benzene rings is 1. The summed E-state index contributed by atoms with van der Waals surface area (Å²) in [7, 11) is 0. The lowest BCUT2D eigenvalue weighted by Gasteiger charge is -2.35. The summed E-state index contributed by atoms with van der Waals surface area (Å²) < 4.78 is 0. The van der Waals surface area contributed by atoms with E-state index in [-0.39, 0.29) is 17.5 Å². The molecule has 1 aromatic carbocycles. The SMILES string of the molecule is CC(C)N(CC1CCC1)C(=O)Cc1ccc(C(=O)O)cc1. The van der Waals surface area contributed by atoms with E-state index in [1.165, 1.54) is 19.3 Å². The number of aromatic carboxylic acids is 1. The summed E-state index contributed by atoms with van der Waals surface area (Å²) >= 11 is 0. The Morgan fingerprint density at radius 2 is 1.86 bits per heavy atom. The lowest BCUT2D eigenvalue weighted by Crippen LogP contribution is -2.42. The lowest BCUT2D eigenvalue weighted by atomic mass is 9.85. The van der Waals surface area contributed by atoms with E-state index in [2.05, 4.69) is 0 Å². The molecular weight excluding hydrogens is 266 g/mol. The maximum Gasteiger partial charge on any atom is 0.335 e. The van der Waals surface area contributed by atoms with Crippen LogP contribution in [0.25, 0.3) is 0 Å². The smallest absolute Gasteiger partial charge is 0.335 e. The molecule has 0 bridgehead atoms. The van der Waals surface area contributed by atoms with E-state index in [0.717, 1.165) is 12.1 Å². The quantitative estimate of drug-likeness (QED) is 0.876. The summed E-state index contributed by atoms with van der Waals surface area (Å²) in [6.45, 7) is 4.94. The predicted molar refractivity (Wildman–Crippen MR) is 81.3 cm³/mol. The summed E-state index contributed by atoms with van der Waals surface area (Å²) in [5, 5.41) is 8.88. The van der Waals surface area contributed by atoms with Crippen LogP contribution in [0.5, 0.6) is 0 Å². The Labute approximate surface area is 125 Å². The Kier molecular flexibility index (Phi) is 4.99. The van der Waals surface area contributed by atoms with Crippen molar-refractivity contribution in [2.45, 2.75) is 45.6 Å². The number of carbonyl (C=O) groups is 2. The van der Waals surface area contributed by atoms with E-state index in [1.807, 2.05) is 18.7 Å². The van der Waals surface area contributed by atoms with Gasteiger partial charge in [0.15, 0.2) is 0 Å². The topological polar surface area (TPSA) is 57.6 Å². The van der Waals surface area contributed by atoms with Crippen LogP contribution in [0.4, 0.5) is 0 Å². The van der Waals surface area contributed by atoms with Crippen molar-refractivity contribution >= 4 is 11.9 Å². The fourth-order valence-corrected chi connectivity index (χ4v) is 2.60. The van der Waals surface area contributed by atoms with Crippen LogP contribution in [-0.4, -0.2) is 34.5 Å². The van der Waals surface area contributed by atoms with Crippen molar-refractivity contribution in [3.05, 3.63) is 35.4 Å². The van der Waals surface area contributed by atoms with Crippen molar-refractivity contribution in [1.29, 1.82) is 0 Å². The van der Waals surface area contributed by atoms with Crippen LogP contribution >= 0.6 is 0 Å². The van der Waals surface area contributed by atoms with Crippen molar-refractivity contribution in [3.8, 4) is 0 Å². The van der Waals surface area contributed by atoms with E-state index in [4.69, 9.17) is 5.11 Å². The van der Waals surface area contributed by atoms with Gasteiger partial charge in [-0.3, -0.25) is 4.79 Å². The third-order valence-electron chi connectivity index (χ3n) is 4.18. The van der Waals surface area contributed by atoms with Crippen LogP contribution in [0.1, 0.15) is 49.0 Å². The third kappa shape index (κ3) is 4.06.